The Morgan fingerprint density at radius 1 is 1.12 bits per heavy atom. The van der Waals surface area contributed by atoms with E-state index in [9.17, 15) is 4.79 Å². The molecular formula is C20H19ClN2O3. The van der Waals surface area contributed by atoms with Crippen molar-refractivity contribution in [2.75, 3.05) is 18.5 Å². The number of aromatic nitrogens is 1. The molecule has 0 spiro atoms. The van der Waals surface area contributed by atoms with Gasteiger partial charge in [0, 0.05) is 33.9 Å². The molecule has 2 aromatic carbocycles. The first-order chi connectivity index (χ1) is 12.4. The Morgan fingerprint density at radius 3 is 2.69 bits per heavy atom. The van der Waals surface area contributed by atoms with E-state index in [4.69, 9.17) is 21.1 Å². The van der Waals surface area contributed by atoms with Gasteiger partial charge in [0.05, 0.1) is 5.41 Å². The van der Waals surface area contributed by atoms with Crippen molar-refractivity contribution < 1.29 is 14.3 Å². The molecule has 1 aliphatic rings. The van der Waals surface area contributed by atoms with Gasteiger partial charge in [0.15, 0.2) is 11.5 Å². The molecule has 5 nitrogen and oxygen atoms in total. The molecule has 0 fully saturated rings. The van der Waals surface area contributed by atoms with Crippen molar-refractivity contribution in [1.29, 1.82) is 0 Å². The fourth-order valence-corrected chi connectivity index (χ4v) is 3.31. The van der Waals surface area contributed by atoms with Gasteiger partial charge in [0.25, 0.3) is 0 Å². The Hall–Kier alpha value is -2.66. The monoisotopic (exact) mass is 370 g/mol. The summed E-state index contributed by atoms with van der Waals surface area (Å²) in [5.41, 5.74) is 1.76. The quantitative estimate of drug-likeness (QED) is 0.713. The van der Waals surface area contributed by atoms with Crippen LogP contribution < -0.4 is 14.8 Å². The van der Waals surface area contributed by atoms with E-state index in [1.54, 1.807) is 6.07 Å². The summed E-state index contributed by atoms with van der Waals surface area (Å²) in [6, 6.07) is 11.0. The molecule has 0 unspecified atom stereocenters. The number of anilines is 1. The Balaban J connectivity index is 1.63. The van der Waals surface area contributed by atoms with Crippen molar-refractivity contribution in [2.45, 2.75) is 19.3 Å². The van der Waals surface area contributed by atoms with Crippen molar-refractivity contribution in [1.82, 2.24) is 4.98 Å². The zero-order chi connectivity index (χ0) is 18.3. The van der Waals surface area contributed by atoms with Gasteiger partial charge in [-0.05, 0) is 49.7 Å². The highest BCUT2D eigenvalue weighted by Gasteiger charge is 2.32. The molecule has 6 heteroatoms. The topological polar surface area (TPSA) is 63.4 Å². The van der Waals surface area contributed by atoms with Crippen molar-refractivity contribution >= 4 is 34.1 Å². The molecule has 0 atom stereocenters. The van der Waals surface area contributed by atoms with E-state index in [0.717, 1.165) is 16.5 Å². The van der Waals surface area contributed by atoms with Gasteiger partial charge >= 0.3 is 0 Å². The number of hydrogen-bond donors (Lipinski definition) is 2. The summed E-state index contributed by atoms with van der Waals surface area (Å²) in [6.07, 6.45) is 1.87. The number of benzene rings is 2. The predicted octanol–water partition coefficient (Wildman–Crippen LogP) is 4.51. The summed E-state index contributed by atoms with van der Waals surface area (Å²) < 4.78 is 11.1. The predicted molar refractivity (Wildman–Crippen MR) is 102 cm³/mol. The number of amides is 1. The summed E-state index contributed by atoms with van der Waals surface area (Å²) in [5, 5.41) is 4.56. The smallest absolute Gasteiger partial charge is 0.234 e. The van der Waals surface area contributed by atoms with Gasteiger partial charge in [-0.25, -0.2) is 0 Å². The lowest BCUT2D eigenvalue weighted by atomic mass is 9.83. The summed E-state index contributed by atoms with van der Waals surface area (Å²) >= 11 is 6.13. The number of ether oxygens (including phenoxy) is 2. The summed E-state index contributed by atoms with van der Waals surface area (Å²) in [6.45, 7) is 4.83. The average Bonchev–Trinajstić information content (AvgIpc) is 3.05. The minimum Gasteiger partial charge on any atom is -0.486 e. The highest BCUT2D eigenvalue weighted by molar-refractivity contribution is 6.31. The Morgan fingerprint density at radius 2 is 1.88 bits per heavy atom. The third-order valence-electron chi connectivity index (χ3n) is 4.68. The van der Waals surface area contributed by atoms with Crippen LogP contribution in [0.25, 0.3) is 10.9 Å². The second-order valence-corrected chi connectivity index (χ2v) is 7.27. The van der Waals surface area contributed by atoms with Crippen LogP contribution in [-0.4, -0.2) is 24.1 Å². The molecule has 0 bridgehead atoms. The van der Waals surface area contributed by atoms with Gasteiger partial charge in [-0.2, -0.15) is 0 Å². The minimum atomic E-state index is -0.754. The number of hydrogen-bond acceptors (Lipinski definition) is 3. The van der Waals surface area contributed by atoms with Crippen molar-refractivity contribution in [2.24, 2.45) is 0 Å². The number of aromatic amines is 1. The lowest BCUT2D eigenvalue weighted by Crippen LogP contribution is -2.34. The molecular weight excluding hydrogens is 352 g/mol. The molecule has 0 saturated carbocycles. The molecule has 1 amide bonds. The molecule has 0 radical (unpaired) electrons. The number of carbonyl (C=O) groups is 1. The fraction of sp³-hybridized carbons (Fsp3) is 0.250. The van der Waals surface area contributed by atoms with Gasteiger partial charge in [-0.15, -0.1) is 0 Å². The maximum absolute atomic E-state index is 13.0. The number of carbonyl (C=O) groups excluding carboxylic acids is 1. The normalized spacial score (nSPS) is 13.7. The van der Waals surface area contributed by atoms with Gasteiger partial charge < -0.3 is 19.8 Å². The molecule has 3 aromatic rings. The van der Waals surface area contributed by atoms with E-state index in [-0.39, 0.29) is 5.91 Å². The van der Waals surface area contributed by atoms with E-state index in [1.165, 1.54) is 0 Å². The van der Waals surface area contributed by atoms with Gasteiger partial charge in [0.2, 0.25) is 5.91 Å². The molecule has 2 heterocycles. The lowest BCUT2D eigenvalue weighted by Gasteiger charge is -2.24. The van der Waals surface area contributed by atoms with E-state index in [2.05, 4.69) is 10.3 Å². The molecule has 26 heavy (non-hydrogen) atoms. The molecule has 1 aromatic heterocycles. The minimum absolute atomic E-state index is 0.116. The summed E-state index contributed by atoms with van der Waals surface area (Å²) in [4.78, 5) is 16.2. The third kappa shape index (κ3) is 2.88. The first kappa shape index (κ1) is 16.8. The van der Waals surface area contributed by atoms with Crippen LogP contribution in [0.5, 0.6) is 11.5 Å². The van der Waals surface area contributed by atoms with Crippen LogP contribution in [0.2, 0.25) is 5.02 Å². The zero-order valence-corrected chi connectivity index (χ0v) is 15.3. The van der Waals surface area contributed by atoms with Crippen molar-refractivity contribution in [3.63, 3.8) is 0 Å². The second-order valence-electron chi connectivity index (χ2n) is 6.83. The Bertz CT molecular complexity index is 994. The molecule has 134 valence electrons. The zero-order valence-electron chi connectivity index (χ0n) is 14.6. The van der Waals surface area contributed by atoms with Crippen LogP contribution >= 0.6 is 11.6 Å². The average molecular weight is 371 g/mol. The maximum atomic E-state index is 13.0. The van der Waals surface area contributed by atoms with Crippen LogP contribution in [0, 0.1) is 0 Å². The second kappa shape index (κ2) is 6.25. The highest BCUT2D eigenvalue weighted by Crippen LogP contribution is 2.35. The SMILES string of the molecule is CC(C)(C(=O)Nc1ccc2c(c1)OCCO2)c1c[nH]c2ccc(Cl)cc12. The number of H-pyrrole nitrogens is 1. The Kier molecular flexibility index (Phi) is 4.04. The fourth-order valence-electron chi connectivity index (χ4n) is 3.14. The van der Waals surface area contributed by atoms with Crippen LogP contribution in [0.4, 0.5) is 5.69 Å². The standard InChI is InChI=1S/C20H19ClN2O3/c1-20(2,15-11-22-16-5-3-12(21)9-14(15)16)19(24)23-13-4-6-17-18(10-13)26-8-7-25-17/h3-6,9-11,22H,7-8H2,1-2H3,(H,23,24). The lowest BCUT2D eigenvalue weighted by molar-refractivity contribution is -0.120. The number of halogens is 1. The molecule has 0 saturated heterocycles. The molecule has 0 aliphatic carbocycles. The van der Waals surface area contributed by atoms with Gasteiger partial charge in [-0.1, -0.05) is 11.6 Å². The maximum Gasteiger partial charge on any atom is 0.234 e. The van der Waals surface area contributed by atoms with E-state index in [0.29, 0.717) is 35.4 Å². The van der Waals surface area contributed by atoms with Crippen LogP contribution in [0.1, 0.15) is 19.4 Å². The van der Waals surface area contributed by atoms with E-state index in [1.807, 2.05) is 50.4 Å². The first-order valence-electron chi connectivity index (χ1n) is 8.43. The van der Waals surface area contributed by atoms with Crippen molar-refractivity contribution in [3.05, 3.63) is 53.2 Å². The highest BCUT2D eigenvalue weighted by atomic mass is 35.5. The van der Waals surface area contributed by atoms with E-state index < -0.39 is 5.41 Å². The largest absolute Gasteiger partial charge is 0.486 e. The van der Waals surface area contributed by atoms with Crippen LogP contribution in [0.15, 0.2) is 42.6 Å². The summed E-state index contributed by atoms with van der Waals surface area (Å²) in [5.74, 6) is 1.22. The van der Waals surface area contributed by atoms with Gasteiger partial charge in [0.1, 0.15) is 13.2 Å². The Labute approximate surface area is 156 Å². The third-order valence-corrected chi connectivity index (χ3v) is 4.92. The van der Waals surface area contributed by atoms with Crippen LogP contribution in [-0.2, 0) is 10.2 Å². The summed E-state index contributed by atoms with van der Waals surface area (Å²) in [7, 11) is 0. The van der Waals surface area contributed by atoms with Crippen molar-refractivity contribution in [3.8, 4) is 11.5 Å². The molecule has 1 aliphatic heterocycles. The number of rotatable bonds is 3. The number of fused-ring (bicyclic) bond motifs is 2. The van der Waals surface area contributed by atoms with Crippen LogP contribution in [0.3, 0.4) is 0 Å². The molecule has 2 N–H and O–H groups in total. The molecule has 4 rings (SSSR count). The van der Waals surface area contributed by atoms with E-state index >= 15 is 0 Å². The first-order valence-corrected chi connectivity index (χ1v) is 8.81. The number of nitrogens with one attached hydrogen (secondary N) is 2. The van der Waals surface area contributed by atoms with Gasteiger partial charge in [-0.3, -0.25) is 4.79 Å².